The molecule has 0 fully saturated rings. The topological polar surface area (TPSA) is 35.2 Å². The SMILES string of the molecule is CCSCCCOc1cccc(N)c1Br. The Labute approximate surface area is 104 Å². The van der Waals surface area contributed by atoms with E-state index in [9.17, 15) is 0 Å². The molecule has 1 rings (SSSR count). The number of nitrogen functional groups attached to an aromatic ring is 1. The average molecular weight is 290 g/mol. The average Bonchev–Trinajstić information content (AvgIpc) is 2.24. The Hall–Kier alpha value is -0.350. The van der Waals surface area contributed by atoms with E-state index in [0.717, 1.165) is 34.7 Å². The molecule has 0 radical (unpaired) electrons. The highest BCUT2D eigenvalue weighted by atomic mass is 79.9. The first-order valence-electron chi connectivity index (χ1n) is 5.00. The fourth-order valence-corrected chi connectivity index (χ4v) is 2.12. The van der Waals surface area contributed by atoms with Crippen molar-refractivity contribution in [2.45, 2.75) is 13.3 Å². The summed E-state index contributed by atoms with van der Waals surface area (Å²) in [5.74, 6) is 3.15. The number of halogens is 1. The van der Waals surface area contributed by atoms with Gasteiger partial charge in [-0.15, -0.1) is 0 Å². The Bertz CT molecular complexity index is 307. The van der Waals surface area contributed by atoms with Gasteiger partial charge in [0.05, 0.1) is 11.1 Å². The molecule has 2 nitrogen and oxygen atoms in total. The van der Waals surface area contributed by atoms with Crippen LogP contribution >= 0.6 is 27.7 Å². The molecule has 0 spiro atoms. The molecule has 0 atom stereocenters. The van der Waals surface area contributed by atoms with E-state index in [-0.39, 0.29) is 0 Å². The number of benzene rings is 1. The van der Waals surface area contributed by atoms with Gasteiger partial charge >= 0.3 is 0 Å². The lowest BCUT2D eigenvalue weighted by atomic mass is 10.3. The fourth-order valence-electron chi connectivity index (χ4n) is 1.13. The van der Waals surface area contributed by atoms with Crippen LogP contribution in [-0.2, 0) is 0 Å². The van der Waals surface area contributed by atoms with Gasteiger partial charge in [0.1, 0.15) is 5.75 Å². The molecule has 1 aromatic carbocycles. The van der Waals surface area contributed by atoms with Crippen LogP contribution in [-0.4, -0.2) is 18.1 Å². The molecule has 0 amide bonds. The Morgan fingerprint density at radius 3 is 3.00 bits per heavy atom. The van der Waals surface area contributed by atoms with Crippen molar-refractivity contribution in [3.63, 3.8) is 0 Å². The van der Waals surface area contributed by atoms with E-state index in [1.165, 1.54) is 5.75 Å². The largest absolute Gasteiger partial charge is 0.492 e. The van der Waals surface area contributed by atoms with Crippen molar-refractivity contribution >= 4 is 33.4 Å². The van der Waals surface area contributed by atoms with Crippen LogP contribution < -0.4 is 10.5 Å². The van der Waals surface area contributed by atoms with Crippen LogP contribution in [0.5, 0.6) is 5.75 Å². The Kier molecular flexibility index (Phi) is 5.95. The van der Waals surface area contributed by atoms with E-state index in [1.54, 1.807) is 0 Å². The third-order valence-corrected chi connectivity index (χ3v) is 3.72. The van der Waals surface area contributed by atoms with Gasteiger partial charge in [-0.25, -0.2) is 0 Å². The molecule has 1 aromatic rings. The van der Waals surface area contributed by atoms with Gasteiger partial charge in [0, 0.05) is 5.69 Å². The van der Waals surface area contributed by atoms with Crippen LogP contribution in [0, 0.1) is 0 Å². The molecular weight excluding hydrogens is 274 g/mol. The minimum Gasteiger partial charge on any atom is -0.492 e. The number of nitrogens with two attached hydrogens (primary N) is 1. The van der Waals surface area contributed by atoms with Crippen LogP contribution in [0.4, 0.5) is 5.69 Å². The number of thioether (sulfide) groups is 1. The first kappa shape index (κ1) is 12.7. The van der Waals surface area contributed by atoms with E-state index in [1.807, 2.05) is 30.0 Å². The van der Waals surface area contributed by atoms with Gasteiger partial charge in [0.2, 0.25) is 0 Å². The van der Waals surface area contributed by atoms with Gasteiger partial charge in [0.15, 0.2) is 0 Å². The second kappa shape index (κ2) is 7.01. The van der Waals surface area contributed by atoms with Gasteiger partial charge in [-0.2, -0.15) is 11.8 Å². The quantitative estimate of drug-likeness (QED) is 0.643. The lowest BCUT2D eigenvalue weighted by Crippen LogP contribution is -2.00. The number of anilines is 1. The molecule has 0 aliphatic carbocycles. The zero-order valence-corrected chi connectivity index (χ0v) is 11.2. The molecule has 2 N–H and O–H groups in total. The van der Waals surface area contributed by atoms with E-state index < -0.39 is 0 Å². The van der Waals surface area contributed by atoms with Crippen LogP contribution in [0.25, 0.3) is 0 Å². The first-order chi connectivity index (χ1) is 7.25. The van der Waals surface area contributed by atoms with Crippen molar-refractivity contribution in [2.75, 3.05) is 23.8 Å². The normalized spacial score (nSPS) is 10.3. The summed E-state index contributed by atoms with van der Waals surface area (Å²) in [6, 6.07) is 5.67. The van der Waals surface area contributed by atoms with Gasteiger partial charge in [0.25, 0.3) is 0 Å². The standard InChI is InChI=1S/C11H16BrNOS/c1-2-15-8-4-7-14-10-6-3-5-9(13)11(10)12/h3,5-6H,2,4,7-8,13H2,1H3. The highest BCUT2D eigenvalue weighted by Crippen LogP contribution is 2.30. The monoisotopic (exact) mass is 289 g/mol. The Balaban J connectivity index is 2.34. The molecule has 0 aliphatic rings. The van der Waals surface area contributed by atoms with Crippen molar-refractivity contribution in [1.82, 2.24) is 0 Å². The van der Waals surface area contributed by atoms with Crippen LogP contribution in [0.3, 0.4) is 0 Å². The number of hydrogen-bond donors (Lipinski definition) is 1. The number of rotatable bonds is 6. The van der Waals surface area contributed by atoms with Crippen molar-refractivity contribution in [3.05, 3.63) is 22.7 Å². The highest BCUT2D eigenvalue weighted by Gasteiger charge is 2.03. The zero-order valence-electron chi connectivity index (χ0n) is 8.83. The molecule has 0 heterocycles. The second-order valence-corrected chi connectivity index (χ2v) is 5.25. The maximum Gasteiger partial charge on any atom is 0.135 e. The molecule has 0 saturated heterocycles. The Morgan fingerprint density at radius 1 is 1.47 bits per heavy atom. The first-order valence-corrected chi connectivity index (χ1v) is 6.95. The fraction of sp³-hybridized carbons (Fsp3) is 0.455. The van der Waals surface area contributed by atoms with E-state index in [4.69, 9.17) is 10.5 Å². The predicted octanol–water partition coefficient (Wildman–Crippen LogP) is 3.55. The predicted molar refractivity (Wildman–Crippen MR) is 71.7 cm³/mol. The summed E-state index contributed by atoms with van der Waals surface area (Å²) >= 11 is 5.34. The summed E-state index contributed by atoms with van der Waals surface area (Å²) in [5.41, 5.74) is 6.46. The smallest absolute Gasteiger partial charge is 0.135 e. The summed E-state index contributed by atoms with van der Waals surface area (Å²) in [6.07, 6.45) is 1.07. The van der Waals surface area contributed by atoms with Crippen molar-refractivity contribution in [2.24, 2.45) is 0 Å². The summed E-state index contributed by atoms with van der Waals surface area (Å²) in [4.78, 5) is 0. The Morgan fingerprint density at radius 2 is 2.27 bits per heavy atom. The molecule has 84 valence electrons. The van der Waals surface area contributed by atoms with Crippen molar-refractivity contribution < 1.29 is 4.74 Å². The van der Waals surface area contributed by atoms with E-state index in [2.05, 4.69) is 22.9 Å². The molecule has 0 bridgehead atoms. The lowest BCUT2D eigenvalue weighted by Gasteiger charge is -2.09. The van der Waals surface area contributed by atoms with E-state index in [0.29, 0.717) is 0 Å². The van der Waals surface area contributed by atoms with Crippen LogP contribution in [0.2, 0.25) is 0 Å². The number of hydrogen-bond acceptors (Lipinski definition) is 3. The second-order valence-electron chi connectivity index (χ2n) is 3.06. The third kappa shape index (κ3) is 4.34. The maximum absolute atomic E-state index is 5.74. The van der Waals surface area contributed by atoms with Crippen LogP contribution in [0.1, 0.15) is 13.3 Å². The van der Waals surface area contributed by atoms with Crippen LogP contribution in [0.15, 0.2) is 22.7 Å². The molecule has 4 heteroatoms. The molecule has 0 unspecified atom stereocenters. The van der Waals surface area contributed by atoms with Gasteiger partial charge < -0.3 is 10.5 Å². The molecule has 0 aliphatic heterocycles. The van der Waals surface area contributed by atoms with Crippen molar-refractivity contribution in [3.8, 4) is 5.75 Å². The molecule has 0 aromatic heterocycles. The minimum atomic E-state index is 0.718. The highest BCUT2D eigenvalue weighted by molar-refractivity contribution is 9.10. The summed E-state index contributed by atoms with van der Waals surface area (Å²) < 4.78 is 6.48. The minimum absolute atomic E-state index is 0.718. The zero-order chi connectivity index (χ0) is 11.1. The van der Waals surface area contributed by atoms with Gasteiger partial charge in [-0.3, -0.25) is 0 Å². The summed E-state index contributed by atoms with van der Waals surface area (Å²) in [6.45, 7) is 2.91. The van der Waals surface area contributed by atoms with Gasteiger partial charge in [-0.05, 0) is 46.0 Å². The van der Waals surface area contributed by atoms with Crippen molar-refractivity contribution in [1.29, 1.82) is 0 Å². The third-order valence-electron chi connectivity index (χ3n) is 1.89. The number of ether oxygens (including phenoxy) is 1. The molecule has 15 heavy (non-hydrogen) atoms. The molecule has 0 saturated carbocycles. The lowest BCUT2D eigenvalue weighted by molar-refractivity contribution is 0.317. The van der Waals surface area contributed by atoms with Gasteiger partial charge in [-0.1, -0.05) is 13.0 Å². The summed E-state index contributed by atoms with van der Waals surface area (Å²) in [5, 5.41) is 0. The molecular formula is C11H16BrNOS. The maximum atomic E-state index is 5.74. The van der Waals surface area contributed by atoms with E-state index >= 15 is 0 Å². The summed E-state index contributed by atoms with van der Waals surface area (Å²) in [7, 11) is 0.